The van der Waals surface area contributed by atoms with E-state index in [2.05, 4.69) is 63.9 Å². The number of halogens is 1. The van der Waals surface area contributed by atoms with Crippen LogP contribution < -0.4 is 15.5 Å². The molecular weight excluding hydrogens is 485 g/mol. The first kappa shape index (κ1) is 26.6. The number of phenols is 1. The summed E-state index contributed by atoms with van der Waals surface area (Å²) in [6.07, 6.45) is 0. The van der Waals surface area contributed by atoms with Crippen molar-refractivity contribution < 1.29 is 14.3 Å². The van der Waals surface area contributed by atoms with E-state index in [0.717, 1.165) is 41.5 Å². The van der Waals surface area contributed by atoms with Crippen molar-refractivity contribution in [2.24, 2.45) is 11.8 Å². The smallest absolute Gasteiger partial charge is 0.323 e. The lowest BCUT2D eigenvalue weighted by atomic mass is 9.97. The molecule has 0 bridgehead atoms. The van der Waals surface area contributed by atoms with Crippen LogP contribution in [-0.4, -0.2) is 44.9 Å². The molecule has 0 radical (unpaired) electrons. The maximum absolute atomic E-state index is 13.8. The predicted molar refractivity (Wildman–Crippen MR) is 148 cm³/mol. The molecule has 4 rings (SSSR count). The van der Waals surface area contributed by atoms with Gasteiger partial charge in [0.25, 0.3) is 0 Å². The molecule has 0 unspecified atom stereocenters. The number of carbonyl (C=O) groups is 1. The Hall–Kier alpha value is -4.47. The third-order valence-electron chi connectivity index (χ3n) is 5.82. The lowest BCUT2D eigenvalue weighted by Crippen LogP contribution is -2.32. The number of urea groups is 1. The SMILES string of the molecule is CC(C)CN(CC(C)C)c1ccc(-c2ccccc2-c2nn[nH]n2)cc1NC(=O)Nc1cccc(F)c1O. The first-order valence-corrected chi connectivity index (χ1v) is 12.5. The van der Waals surface area contributed by atoms with Crippen LogP contribution in [0, 0.1) is 17.7 Å². The number of hydrogen-bond donors (Lipinski definition) is 4. The van der Waals surface area contributed by atoms with Crippen LogP contribution in [0.3, 0.4) is 0 Å². The van der Waals surface area contributed by atoms with Gasteiger partial charge in [0, 0.05) is 18.7 Å². The largest absolute Gasteiger partial charge is 0.503 e. The van der Waals surface area contributed by atoms with Crippen molar-refractivity contribution in [3.63, 3.8) is 0 Å². The van der Waals surface area contributed by atoms with Crippen molar-refractivity contribution >= 4 is 23.1 Å². The molecule has 0 fully saturated rings. The second-order valence-corrected chi connectivity index (χ2v) is 9.92. The van der Waals surface area contributed by atoms with E-state index in [1.165, 1.54) is 12.1 Å². The van der Waals surface area contributed by atoms with Crippen LogP contribution in [0.4, 0.5) is 26.2 Å². The molecule has 0 spiro atoms. The summed E-state index contributed by atoms with van der Waals surface area (Å²) in [5.74, 6) is -0.202. The molecule has 0 aliphatic heterocycles. The normalized spacial score (nSPS) is 11.1. The van der Waals surface area contributed by atoms with Crippen LogP contribution in [-0.2, 0) is 0 Å². The fourth-order valence-electron chi connectivity index (χ4n) is 4.33. The van der Waals surface area contributed by atoms with Crippen LogP contribution >= 0.6 is 0 Å². The van der Waals surface area contributed by atoms with E-state index in [1.54, 1.807) is 0 Å². The highest BCUT2D eigenvalue weighted by atomic mass is 19.1. The molecule has 0 saturated carbocycles. The van der Waals surface area contributed by atoms with Gasteiger partial charge in [0.15, 0.2) is 11.6 Å². The number of rotatable bonds is 9. The van der Waals surface area contributed by atoms with Gasteiger partial charge in [0.2, 0.25) is 5.82 Å². The topological polar surface area (TPSA) is 119 Å². The third kappa shape index (κ3) is 6.26. The lowest BCUT2D eigenvalue weighted by molar-refractivity contribution is 0.262. The van der Waals surface area contributed by atoms with Gasteiger partial charge in [-0.3, -0.25) is 0 Å². The summed E-state index contributed by atoms with van der Waals surface area (Å²) in [6, 6.07) is 16.9. The minimum atomic E-state index is -0.816. The van der Waals surface area contributed by atoms with Crippen LogP contribution in [0.15, 0.2) is 60.7 Å². The Morgan fingerprint density at radius 1 is 0.947 bits per heavy atom. The summed E-state index contributed by atoms with van der Waals surface area (Å²) in [5, 5.41) is 29.9. The number of benzene rings is 3. The summed E-state index contributed by atoms with van der Waals surface area (Å²) < 4.78 is 13.8. The van der Waals surface area contributed by atoms with Gasteiger partial charge in [-0.15, -0.1) is 10.2 Å². The number of aromatic amines is 1. The number of anilines is 3. The Balaban J connectivity index is 1.76. The minimum absolute atomic E-state index is 0.0242. The Kier molecular flexibility index (Phi) is 8.20. The van der Waals surface area contributed by atoms with Gasteiger partial charge in [-0.1, -0.05) is 64.1 Å². The number of amides is 2. The second kappa shape index (κ2) is 11.7. The van der Waals surface area contributed by atoms with Gasteiger partial charge < -0.3 is 20.6 Å². The summed E-state index contributed by atoms with van der Waals surface area (Å²) >= 11 is 0. The molecule has 38 heavy (non-hydrogen) atoms. The summed E-state index contributed by atoms with van der Waals surface area (Å²) in [4.78, 5) is 15.3. The van der Waals surface area contributed by atoms with Crippen LogP contribution in [0.1, 0.15) is 27.7 Å². The monoisotopic (exact) mass is 517 g/mol. The molecule has 4 aromatic rings. The maximum atomic E-state index is 13.8. The van der Waals surface area contributed by atoms with E-state index >= 15 is 0 Å². The van der Waals surface area contributed by atoms with E-state index in [9.17, 15) is 14.3 Å². The molecule has 3 aromatic carbocycles. The minimum Gasteiger partial charge on any atom is -0.503 e. The average Bonchev–Trinajstić information content (AvgIpc) is 3.41. The fraction of sp³-hybridized carbons (Fsp3) is 0.286. The number of nitrogens with zero attached hydrogens (tertiary/aromatic N) is 4. The summed E-state index contributed by atoms with van der Waals surface area (Å²) in [5.41, 5.74) is 3.89. The highest BCUT2D eigenvalue weighted by Gasteiger charge is 2.19. The van der Waals surface area contributed by atoms with Gasteiger partial charge >= 0.3 is 6.03 Å². The molecule has 0 atom stereocenters. The Labute approximate surface area is 221 Å². The molecule has 0 aliphatic carbocycles. The number of nitrogens with one attached hydrogen (secondary N) is 3. The van der Waals surface area contributed by atoms with Gasteiger partial charge in [-0.05, 0) is 52.4 Å². The number of tetrazole rings is 1. The van der Waals surface area contributed by atoms with Crippen molar-refractivity contribution in [2.75, 3.05) is 28.6 Å². The van der Waals surface area contributed by atoms with E-state index in [-0.39, 0.29) is 5.69 Å². The molecule has 9 nitrogen and oxygen atoms in total. The fourth-order valence-corrected chi connectivity index (χ4v) is 4.33. The van der Waals surface area contributed by atoms with Crippen LogP contribution in [0.25, 0.3) is 22.5 Å². The Morgan fingerprint density at radius 3 is 2.29 bits per heavy atom. The Morgan fingerprint density at radius 2 is 1.63 bits per heavy atom. The average molecular weight is 518 g/mol. The van der Waals surface area contributed by atoms with Crippen molar-refractivity contribution in [3.8, 4) is 28.3 Å². The number of H-pyrrole nitrogens is 1. The van der Waals surface area contributed by atoms with E-state index in [0.29, 0.717) is 23.3 Å². The number of carbonyl (C=O) groups excluding carboxylic acids is 1. The summed E-state index contributed by atoms with van der Waals surface area (Å²) in [7, 11) is 0. The van der Waals surface area contributed by atoms with E-state index < -0.39 is 17.6 Å². The zero-order valence-corrected chi connectivity index (χ0v) is 21.9. The molecule has 1 aromatic heterocycles. The van der Waals surface area contributed by atoms with Gasteiger partial charge in [0.05, 0.1) is 17.1 Å². The van der Waals surface area contributed by atoms with Crippen molar-refractivity contribution in [1.29, 1.82) is 0 Å². The van der Waals surface area contributed by atoms with E-state index in [4.69, 9.17) is 0 Å². The second-order valence-electron chi connectivity index (χ2n) is 9.92. The predicted octanol–water partition coefficient (Wildman–Crippen LogP) is 6.14. The first-order chi connectivity index (χ1) is 18.2. The Bertz CT molecular complexity index is 1380. The number of aromatic nitrogens is 4. The van der Waals surface area contributed by atoms with Crippen molar-refractivity contribution in [3.05, 3.63) is 66.5 Å². The zero-order chi connectivity index (χ0) is 27.2. The number of aromatic hydroxyl groups is 1. The van der Waals surface area contributed by atoms with Crippen molar-refractivity contribution in [2.45, 2.75) is 27.7 Å². The van der Waals surface area contributed by atoms with Crippen LogP contribution in [0.5, 0.6) is 5.75 Å². The lowest BCUT2D eigenvalue weighted by Gasteiger charge is -2.31. The van der Waals surface area contributed by atoms with Gasteiger partial charge in [0.1, 0.15) is 0 Å². The number of para-hydroxylation sites is 1. The number of phenolic OH excluding ortho intramolecular Hbond substituents is 1. The first-order valence-electron chi connectivity index (χ1n) is 12.5. The third-order valence-corrected chi connectivity index (χ3v) is 5.82. The highest BCUT2D eigenvalue weighted by Crippen LogP contribution is 2.36. The van der Waals surface area contributed by atoms with E-state index in [1.807, 2.05) is 42.5 Å². The highest BCUT2D eigenvalue weighted by molar-refractivity contribution is 6.03. The summed E-state index contributed by atoms with van der Waals surface area (Å²) in [6.45, 7) is 10.2. The maximum Gasteiger partial charge on any atom is 0.323 e. The molecular formula is C28H32FN7O2. The molecule has 0 saturated heterocycles. The van der Waals surface area contributed by atoms with Gasteiger partial charge in [-0.25, -0.2) is 9.18 Å². The van der Waals surface area contributed by atoms with Crippen molar-refractivity contribution in [1.82, 2.24) is 20.6 Å². The van der Waals surface area contributed by atoms with Gasteiger partial charge in [-0.2, -0.15) is 5.21 Å². The molecule has 198 valence electrons. The molecule has 1 heterocycles. The zero-order valence-electron chi connectivity index (χ0n) is 21.9. The molecule has 10 heteroatoms. The molecule has 2 amide bonds. The molecule has 4 N–H and O–H groups in total. The molecule has 0 aliphatic rings. The standard InChI is InChI=1S/C28H32FN7O2/c1-17(2)15-36(16-18(3)4)25-13-12-19(20-8-5-6-9-21(20)27-32-34-35-33-27)14-24(25)31-28(38)30-23-11-7-10-22(29)26(23)37/h5-14,17-18,37H,15-16H2,1-4H3,(H2,30,31,38)(H,32,33,34,35). The number of hydrogen-bond acceptors (Lipinski definition) is 6. The quantitative estimate of drug-likeness (QED) is 0.198. The van der Waals surface area contributed by atoms with Crippen LogP contribution in [0.2, 0.25) is 0 Å².